The lowest BCUT2D eigenvalue weighted by Gasteiger charge is -2.09. The Labute approximate surface area is 122 Å². The number of aromatic nitrogens is 3. The van der Waals surface area contributed by atoms with E-state index in [4.69, 9.17) is 4.74 Å². The third-order valence-electron chi connectivity index (χ3n) is 2.42. The zero-order valence-corrected chi connectivity index (χ0v) is 12.5. The highest BCUT2D eigenvalue weighted by Gasteiger charge is 2.19. The van der Waals surface area contributed by atoms with Crippen LogP contribution in [0.2, 0.25) is 0 Å². The average Bonchev–Trinajstić information content (AvgIpc) is 2.70. The summed E-state index contributed by atoms with van der Waals surface area (Å²) in [6.45, 7) is 6.82. The molecule has 0 unspecified atom stereocenters. The first-order chi connectivity index (χ1) is 9.85. The van der Waals surface area contributed by atoms with Gasteiger partial charge in [-0.05, 0) is 27.7 Å². The molecule has 3 amide bonds. The topological polar surface area (TPSA) is 115 Å². The summed E-state index contributed by atoms with van der Waals surface area (Å²) in [5.74, 6) is -1.16. The van der Waals surface area contributed by atoms with Gasteiger partial charge in [-0.2, -0.15) is 0 Å². The molecule has 0 fully saturated rings. The Bertz CT molecular complexity index is 538. The van der Waals surface area contributed by atoms with E-state index < -0.39 is 17.9 Å². The van der Waals surface area contributed by atoms with Crippen LogP contribution < -0.4 is 10.6 Å². The maximum atomic E-state index is 11.7. The molecule has 0 bridgehead atoms. The molecular weight excluding hydrogens is 278 g/mol. The number of carbonyl (C=O) groups is 3. The molecule has 0 aliphatic heterocycles. The first kappa shape index (κ1) is 16.6. The van der Waals surface area contributed by atoms with Gasteiger partial charge in [-0.1, -0.05) is 5.21 Å². The largest absolute Gasteiger partial charge is 0.461 e. The van der Waals surface area contributed by atoms with Gasteiger partial charge in [0.1, 0.15) is 6.54 Å². The van der Waals surface area contributed by atoms with Crippen molar-refractivity contribution in [3.63, 3.8) is 0 Å². The van der Waals surface area contributed by atoms with Crippen LogP contribution in [0.5, 0.6) is 0 Å². The molecule has 0 radical (unpaired) electrons. The summed E-state index contributed by atoms with van der Waals surface area (Å²) in [4.78, 5) is 34.6. The summed E-state index contributed by atoms with van der Waals surface area (Å²) < 4.78 is 6.04. The maximum absolute atomic E-state index is 11.7. The van der Waals surface area contributed by atoms with Crippen LogP contribution >= 0.6 is 0 Å². The molecule has 1 heterocycles. The van der Waals surface area contributed by atoms with E-state index >= 15 is 0 Å². The maximum Gasteiger partial charge on any atom is 0.360 e. The Morgan fingerprint density at radius 1 is 1.33 bits per heavy atom. The van der Waals surface area contributed by atoms with Crippen LogP contribution in [0.15, 0.2) is 0 Å². The fourth-order valence-corrected chi connectivity index (χ4v) is 1.50. The highest BCUT2D eigenvalue weighted by atomic mass is 16.5. The van der Waals surface area contributed by atoms with Crippen LogP contribution in [0.4, 0.5) is 4.79 Å². The molecule has 2 N–H and O–H groups in total. The van der Waals surface area contributed by atoms with Gasteiger partial charge in [0.15, 0.2) is 5.69 Å². The van der Waals surface area contributed by atoms with Crippen LogP contribution in [0.25, 0.3) is 0 Å². The van der Waals surface area contributed by atoms with Gasteiger partial charge < -0.3 is 10.1 Å². The van der Waals surface area contributed by atoms with Gasteiger partial charge in [-0.25, -0.2) is 14.3 Å². The summed E-state index contributed by atoms with van der Waals surface area (Å²) in [5.41, 5.74) is 0.448. The van der Waals surface area contributed by atoms with Crippen molar-refractivity contribution in [3.05, 3.63) is 11.4 Å². The van der Waals surface area contributed by atoms with Gasteiger partial charge in [-0.15, -0.1) is 5.10 Å². The lowest BCUT2D eigenvalue weighted by atomic mass is 10.3. The average molecular weight is 297 g/mol. The van der Waals surface area contributed by atoms with Gasteiger partial charge in [0.2, 0.25) is 5.91 Å². The monoisotopic (exact) mass is 297 g/mol. The van der Waals surface area contributed by atoms with Crippen LogP contribution in [0, 0.1) is 6.92 Å². The Hall–Kier alpha value is -2.45. The van der Waals surface area contributed by atoms with Gasteiger partial charge >= 0.3 is 12.0 Å². The van der Waals surface area contributed by atoms with Crippen LogP contribution in [-0.4, -0.2) is 45.6 Å². The van der Waals surface area contributed by atoms with Crippen molar-refractivity contribution in [1.82, 2.24) is 25.6 Å². The zero-order valence-electron chi connectivity index (χ0n) is 12.5. The predicted octanol–water partition coefficient (Wildman–Crippen LogP) is -0.00258. The van der Waals surface area contributed by atoms with E-state index in [1.807, 2.05) is 0 Å². The van der Waals surface area contributed by atoms with E-state index in [0.717, 1.165) is 0 Å². The van der Waals surface area contributed by atoms with Crippen LogP contribution in [-0.2, 0) is 16.1 Å². The quantitative estimate of drug-likeness (QED) is 0.739. The number of hydrogen-bond donors (Lipinski definition) is 2. The molecule has 1 aromatic heterocycles. The highest BCUT2D eigenvalue weighted by molar-refractivity contribution is 5.94. The van der Waals surface area contributed by atoms with E-state index in [9.17, 15) is 14.4 Å². The summed E-state index contributed by atoms with van der Waals surface area (Å²) >= 11 is 0. The lowest BCUT2D eigenvalue weighted by molar-refractivity contribution is -0.120. The van der Waals surface area contributed by atoms with E-state index in [-0.39, 0.29) is 24.9 Å². The molecule has 0 aliphatic rings. The van der Waals surface area contributed by atoms with Crippen molar-refractivity contribution >= 4 is 17.9 Å². The summed E-state index contributed by atoms with van der Waals surface area (Å²) in [6, 6.07) is -0.667. The normalized spacial score (nSPS) is 10.3. The third kappa shape index (κ3) is 4.86. The summed E-state index contributed by atoms with van der Waals surface area (Å²) in [6.07, 6.45) is 0. The van der Waals surface area contributed by atoms with Gasteiger partial charge in [0.25, 0.3) is 0 Å². The minimum Gasteiger partial charge on any atom is -0.461 e. The number of nitrogens with zero attached hydrogens (tertiary/aromatic N) is 3. The summed E-state index contributed by atoms with van der Waals surface area (Å²) in [5, 5.41) is 12.1. The second kappa shape index (κ2) is 7.36. The van der Waals surface area contributed by atoms with Crippen molar-refractivity contribution in [2.24, 2.45) is 0 Å². The van der Waals surface area contributed by atoms with Crippen molar-refractivity contribution in [2.75, 3.05) is 6.61 Å². The van der Waals surface area contributed by atoms with E-state index in [1.165, 1.54) is 4.68 Å². The Morgan fingerprint density at radius 2 is 2.00 bits per heavy atom. The molecule has 21 heavy (non-hydrogen) atoms. The number of rotatable bonds is 5. The molecule has 0 saturated carbocycles. The number of esters is 1. The number of imide groups is 1. The van der Waals surface area contributed by atoms with E-state index in [1.54, 1.807) is 27.7 Å². The molecule has 0 saturated heterocycles. The number of carbonyl (C=O) groups excluding carboxylic acids is 3. The van der Waals surface area contributed by atoms with Crippen molar-refractivity contribution in [1.29, 1.82) is 0 Å². The Balaban J connectivity index is 2.65. The van der Waals surface area contributed by atoms with Crippen LogP contribution in [0.3, 0.4) is 0 Å². The molecule has 1 rings (SSSR count). The molecule has 116 valence electrons. The standard InChI is InChI=1S/C12H19N5O4/c1-5-21-11(19)10-8(4)17(16-15-10)6-9(18)14-12(20)13-7(2)3/h7H,5-6H2,1-4H3,(H2,13,14,18,20). The minimum atomic E-state index is -0.598. The minimum absolute atomic E-state index is 0.0521. The lowest BCUT2D eigenvalue weighted by Crippen LogP contribution is -2.43. The third-order valence-corrected chi connectivity index (χ3v) is 2.42. The number of ether oxygens (including phenoxy) is 1. The molecule has 0 atom stereocenters. The number of nitrogens with one attached hydrogen (secondary N) is 2. The van der Waals surface area contributed by atoms with Gasteiger partial charge in [-0.3, -0.25) is 10.1 Å². The van der Waals surface area contributed by atoms with Crippen molar-refractivity contribution < 1.29 is 19.1 Å². The molecule has 9 heteroatoms. The molecular formula is C12H19N5O4. The first-order valence-electron chi connectivity index (χ1n) is 6.52. The van der Waals surface area contributed by atoms with E-state index in [2.05, 4.69) is 20.9 Å². The molecule has 0 spiro atoms. The molecule has 0 aromatic carbocycles. The van der Waals surface area contributed by atoms with Crippen molar-refractivity contribution in [3.8, 4) is 0 Å². The zero-order chi connectivity index (χ0) is 16.0. The number of hydrogen-bond acceptors (Lipinski definition) is 6. The van der Waals surface area contributed by atoms with Crippen LogP contribution in [0.1, 0.15) is 37.0 Å². The SMILES string of the molecule is CCOC(=O)c1nnn(CC(=O)NC(=O)NC(C)C)c1C. The number of amides is 3. The second-order valence-electron chi connectivity index (χ2n) is 4.58. The summed E-state index contributed by atoms with van der Waals surface area (Å²) in [7, 11) is 0. The van der Waals surface area contributed by atoms with Gasteiger partial charge in [0.05, 0.1) is 12.3 Å². The molecule has 9 nitrogen and oxygen atoms in total. The Morgan fingerprint density at radius 3 is 2.57 bits per heavy atom. The highest BCUT2D eigenvalue weighted by Crippen LogP contribution is 2.05. The fraction of sp³-hybridized carbons (Fsp3) is 0.583. The predicted molar refractivity (Wildman–Crippen MR) is 72.5 cm³/mol. The fourth-order valence-electron chi connectivity index (χ4n) is 1.50. The van der Waals surface area contributed by atoms with Gasteiger partial charge in [0, 0.05) is 6.04 Å². The molecule has 1 aromatic rings. The van der Waals surface area contributed by atoms with Crippen molar-refractivity contribution in [2.45, 2.75) is 40.3 Å². The smallest absolute Gasteiger partial charge is 0.360 e. The van der Waals surface area contributed by atoms with E-state index in [0.29, 0.717) is 5.69 Å². The Kier molecular flexibility index (Phi) is 5.82. The molecule has 0 aliphatic carbocycles. The first-order valence-corrected chi connectivity index (χ1v) is 6.52. The second-order valence-corrected chi connectivity index (χ2v) is 4.58. The number of urea groups is 1.